The van der Waals surface area contributed by atoms with Gasteiger partial charge in [0.1, 0.15) is 0 Å². The Morgan fingerprint density at radius 1 is 1.07 bits per heavy atom. The first-order valence-corrected chi connectivity index (χ1v) is 8.13. The maximum atomic E-state index is 12.8. The number of nitro benzene ring substituents is 1. The van der Waals surface area contributed by atoms with Crippen LogP contribution in [0.5, 0.6) is 17.2 Å². The first-order valence-electron chi connectivity index (χ1n) is 8.13. The van der Waals surface area contributed by atoms with E-state index in [1.54, 1.807) is 32.2 Å². The zero-order chi connectivity index (χ0) is 20.1. The van der Waals surface area contributed by atoms with E-state index in [-0.39, 0.29) is 23.7 Å². The Hall–Kier alpha value is -3.29. The van der Waals surface area contributed by atoms with Gasteiger partial charge in [0.05, 0.1) is 26.3 Å². The Balaban J connectivity index is 2.35. The van der Waals surface area contributed by atoms with Gasteiger partial charge in [0.2, 0.25) is 5.75 Å². The van der Waals surface area contributed by atoms with Gasteiger partial charge in [0.25, 0.3) is 11.6 Å². The molecule has 2 aromatic carbocycles. The molecule has 0 heterocycles. The molecule has 0 saturated carbocycles. The molecule has 2 aromatic rings. The molecule has 0 radical (unpaired) electrons. The number of nitro groups is 1. The van der Waals surface area contributed by atoms with Crippen LogP contribution in [0.4, 0.5) is 5.69 Å². The minimum atomic E-state index is -0.497. The predicted octanol–water partition coefficient (Wildman–Crippen LogP) is 3.20. The Kier molecular flexibility index (Phi) is 6.23. The van der Waals surface area contributed by atoms with Crippen LogP contribution >= 0.6 is 0 Å². The lowest BCUT2D eigenvalue weighted by molar-refractivity contribution is -0.385. The highest BCUT2D eigenvalue weighted by atomic mass is 16.6. The smallest absolute Gasteiger partial charge is 0.273 e. The third-order valence-corrected chi connectivity index (χ3v) is 4.27. The van der Waals surface area contributed by atoms with Crippen molar-refractivity contribution < 1.29 is 23.9 Å². The number of hydrogen-bond donors (Lipinski definition) is 0. The average molecular weight is 374 g/mol. The number of carbonyl (C=O) groups excluding carboxylic acids is 1. The summed E-state index contributed by atoms with van der Waals surface area (Å²) in [5.74, 6) is 1.09. The molecule has 1 amide bonds. The summed E-state index contributed by atoms with van der Waals surface area (Å²) in [5, 5.41) is 11.1. The predicted molar refractivity (Wildman–Crippen MR) is 99.7 cm³/mol. The zero-order valence-corrected chi connectivity index (χ0v) is 15.9. The Morgan fingerprint density at radius 3 is 2.30 bits per heavy atom. The summed E-state index contributed by atoms with van der Waals surface area (Å²) in [6, 6.07) is 7.97. The molecular formula is C19H22N2O6. The third-order valence-electron chi connectivity index (χ3n) is 4.27. The molecule has 0 aliphatic carbocycles. The summed E-state index contributed by atoms with van der Waals surface area (Å²) in [5.41, 5.74) is 1.25. The fraction of sp³-hybridized carbons (Fsp3) is 0.316. The highest BCUT2D eigenvalue weighted by molar-refractivity contribution is 5.96. The first-order chi connectivity index (χ1) is 12.8. The maximum absolute atomic E-state index is 12.8. The van der Waals surface area contributed by atoms with Crippen LogP contribution in [0, 0.1) is 17.0 Å². The van der Waals surface area contributed by atoms with Gasteiger partial charge < -0.3 is 19.1 Å². The van der Waals surface area contributed by atoms with Crippen molar-refractivity contribution in [2.45, 2.75) is 13.5 Å². The van der Waals surface area contributed by atoms with Crippen molar-refractivity contribution >= 4 is 11.6 Å². The summed E-state index contributed by atoms with van der Waals surface area (Å²) in [6.45, 7) is 1.79. The number of rotatable bonds is 7. The molecule has 8 nitrogen and oxygen atoms in total. The lowest BCUT2D eigenvalue weighted by atomic mass is 10.1. The van der Waals surface area contributed by atoms with Crippen molar-refractivity contribution in [2.75, 3.05) is 28.4 Å². The maximum Gasteiger partial charge on any atom is 0.273 e. The fourth-order valence-electron chi connectivity index (χ4n) is 2.87. The number of carbonyl (C=O) groups is 1. The Morgan fingerprint density at radius 2 is 1.74 bits per heavy atom. The summed E-state index contributed by atoms with van der Waals surface area (Å²) >= 11 is 0. The van der Waals surface area contributed by atoms with E-state index in [9.17, 15) is 14.9 Å². The molecular weight excluding hydrogens is 352 g/mol. The van der Waals surface area contributed by atoms with E-state index in [4.69, 9.17) is 14.2 Å². The third kappa shape index (κ3) is 3.94. The number of methoxy groups -OCH3 is 3. The van der Waals surface area contributed by atoms with Crippen molar-refractivity contribution in [3.05, 3.63) is 57.1 Å². The van der Waals surface area contributed by atoms with Crippen LogP contribution in [0.15, 0.2) is 30.3 Å². The molecule has 2 rings (SSSR count). The molecule has 8 heteroatoms. The van der Waals surface area contributed by atoms with Crippen LogP contribution in [0.1, 0.15) is 21.5 Å². The zero-order valence-electron chi connectivity index (χ0n) is 15.9. The van der Waals surface area contributed by atoms with E-state index < -0.39 is 4.92 Å². The highest BCUT2D eigenvalue weighted by Crippen LogP contribution is 2.40. The molecule has 0 aliphatic heterocycles. The fourth-order valence-corrected chi connectivity index (χ4v) is 2.87. The van der Waals surface area contributed by atoms with Gasteiger partial charge in [-0.2, -0.15) is 0 Å². The van der Waals surface area contributed by atoms with Gasteiger partial charge in [0, 0.05) is 36.3 Å². The van der Waals surface area contributed by atoms with Gasteiger partial charge in [-0.1, -0.05) is 6.07 Å². The topological polar surface area (TPSA) is 91.1 Å². The van der Waals surface area contributed by atoms with E-state index in [1.807, 2.05) is 0 Å². The Labute approximate surface area is 157 Å². The van der Waals surface area contributed by atoms with Crippen LogP contribution in [0.25, 0.3) is 0 Å². The van der Waals surface area contributed by atoms with Crippen molar-refractivity contribution in [1.29, 1.82) is 0 Å². The molecule has 0 unspecified atom stereocenters. The normalized spacial score (nSPS) is 10.3. The molecule has 0 aromatic heterocycles. The molecule has 0 saturated heterocycles. The summed E-state index contributed by atoms with van der Waals surface area (Å²) in [7, 11) is 6.16. The first kappa shape index (κ1) is 20.0. The van der Waals surface area contributed by atoms with E-state index in [2.05, 4.69) is 0 Å². The van der Waals surface area contributed by atoms with Crippen molar-refractivity contribution in [3.8, 4) is 17.2 Å². The van der Waals surface area contributed by atoms with Crippen LogP contribution in [0.2, 0.25) is 0 Å². The number of hydrogen-bond acceptors (Lipinski definition) is 6. The standard InChI is InChI=1S/C19H22N2O6/c1-12-14(7-6-8-15(12)21(23)24)19(22)20(2)11-13-9-10-16(25-3)18(27-5)17(13)26-4/h6-10H,11H2,1-5H3. The second-order valence-corrected chi connectivity index (χ2v) is 5.86. The minimum Gasteiger partial charge on any atom is -0.493 e. The molecule has 0 fully saturated rings. The number of ether oxygens (including phenoxy) is 3. The molecule has 0 spiro atoms. The molecule has 0 aliphatic rings. The van der Waals surface area contributed by atoms with Crippen molar-refractivity contribution in [3.63, 3.8) is 0 Å². The molecule has 0 atom stereocenters. The quantitative estimate of drug-likeness (QED) is 0.546. The molecule has 27 heavy (non-hydrogen) atoms. The van der Waals surface area contributed by atoms with Crippen LogP contribution < -0.4 is 14.2 Å². The summed E-state index contributed by atoms with van der Waals surface area (Å²) in [4.78, 5) is 24.9. The van der Waals surface area contributed by atoms with E-state index in [0.717, 1.165) is 0 Å². The SMILES string of the molecule is COc1ccc(CN(C)C(=O)c2cccc([N+](=O)[O-])c2C)c(OC)c1OC. The van der Waals surface area contributed by atoms with E-state index >= 15 is 0 Å². The van der Waals surface area contributed by atoms with Crippen molar-refractivity contribution in [2.24, 2.45) is 0 Å². The second kappa shape index (κ2) is 8.39. The van der Waals surface area contributed by atoms with E-state index in [0.29, 0.717) is 28.4 Å². The van der Waals surface area contributed by atoms with Crippen molar-refractivity contribution in [1.82, 2.24) is 4.90 Å². The van der Waals surface area contributed by atoms with Gasteiger partial charge in [-0.15, -0.1) is 0 Å². The van der Waals surface area contributed by atoms with Crippen LogP contribution in [-0.2, 0) is 6.54 Å². The van der Waals surface area contributed by atoms with Crippen LogP contribution in [-0.4, -0.2) is 44.1 Å². The number of benzene rings is 2. The van der Waals surface area contributed by atoms with Gasteiger partial charge in [0.15, 0.2) is 11.5 Å². The highest BCUT2D eigenvalue weighted by Gasteiger charge is 2.23. The van der Waals surface area contributed by atoms with Crippen LogP contribution in [0.3, 0.4) is 0 Å². The van der Waals surface area contributed by atoms with Gasteiger partial charge >= 0.3 is 0 Å². The second-order valence-electron chi connectivity index (χ2n) is 5.86. The number of amides is 1. The molecule has 0 N–H and O–H groups in total. The monoisotopic (exact) mass is 374 g/mol. The van der Waals surface area contributed by atoms with Gasteiger partial charge in [-0.3, -0.25) is 14.9 Å². The summed E-state index contributed by atoms with van der Waals surface area (Å²) < 4.78 is 16.1. The number of nitrogens with zero attached hydrogens (tertiary/aromatic N) is 2. The lowest BCUT2D eigenvalue weighted by Crippen LogP contribution is -2.27. The largest absolute Gasteiger partial charge is 0.493 e. The van der Waals surface area contributed by atoms with Gasteiger partial charge in [-0.25, -0.2) is 0 Å². The molecule has 0 bridgehead atoms. The average Bonchev–Trinajstić information content (AvgIpc) is 2.66. The van der Waals surface area contributed by atoms with E-state index in [1.165, 1.54) is 38.4 Å². The minimum absolute atomic E-state index is 0.0852. The molecule has 144 valence electrons. The van der Waals surface area contributed by atoms with Gasteiger partial charge in [-0.05, 0) is 25.1 Å². The Bertz CT molecular complexity index is 866. The summed E-state index contributed by atoms with van der Waals surface area (Å²) in [6.07, 6.45) is 0. The lowest BCUT2D eigenvalue weighted by Gasteiger charge is -2.21.